The molecule has 4 aliphatic rings. The van der Waals surface area contributed by atoms with Gasteiger partial charge in [0, 0.05) is 49.1 Å². The standard InChI is InChI=1S/C31H30N6O6/c1-19-12-24(35-43-19)29(39)36-10-5-11-41-26-9-4-6-20-21-14-37(17-31(21,18-42-28(20)26)16-33-27(38)15-36)30(40)25-13-32-22-7-2-3-8-23(22)34-25/h2-4,6-9,12-13,21H,5,10-11,14-18H2,1H3,(H,33,38)/t21-,31+/m0/s1. The SMILES string of the molecule is Cc1cc(C(=O)N2CCCOc3cccc4c3OC[C@@]3(CNC(=O)C2)CN(C(=O)c2cnc5ccccc5n2)C[C@@H]43)no1. The number of aryl methyl sites for hydroxylation is 1. The number of hydrogen-bond acceptors (Lipinski definition) is 9. The van der Waals surface area contributed by atoms with Crippen molar-refractivity contribution < 1.29 is 28.4 Å². The van der Waals surface area contributed by atoms with Crippen LogP contribution in [0.15, 0.2) is 59.3 Å². The molecule has 0 unspecified atom stereocenters. The van der Waals surface area contributed by atoms with Crippen LogP contribution >= 0.6 is 0 Å². The molecule has 0 radical (unpaired) electrons. The molecule has 1 N–H and O–H groups in total. The Balaban J connectivity index is 1.19. The minimum absolute atomic E-state index is 0.128. The van der Waals surface area contributed by atoms with E-state index >= 15 is 0 Å². The Kier molecular flexibility index (Phi) is 6.68. The number of rotatable bonds is 2. The Labute approximate surface area is 247 Å². The second-order valence-electron chi connectivity index (χ2n) is 11.3. The molecule has 4 aromatic rings. The molecule has 1 fully saturated rings. The van der Waals surface area contributed by atoms with Crippen molar-refractivity contribution in [2.75, 3.05) is 45.9 Å². The van der Waals surface area contributed by atoms with Crippen LogP contribution in [-0.2, 0) is 4.79 Å². The first-order valence-electron chi connectivity index (χ1n) is 14.3. The highest BCUT2D eigenvalue weighted by molar-refractivity contribution is 5.95. The van der Waals surface area contributed by atoms with Crippen molar-refractivity contribution in [2.24, 2.45) is 5.41 Å². The number of benzene rings is 2. The molecule has 2 atom stereocenters. The van der Waals surface area contributed by atoms with Crippen LogP contribution in [0.5, 0.6) is 11.5 Å². The van der Waals surface area contributed by atoms with Crippen LogP contribution in [0.1, 0.15) is 44.6 Å². The molecule has 8 rings (SSSR count). The minimum Gasteiger partial charge on any atom is -0.490 e. The zero-order valence-corrected chi connectivity index (χ0v) is 23.6. The number of ether oxygens (including phenoxy) is 2. The van der Waals surface area contributed by atoms with E-state index < -0.39 is 5.41 Å². The number of carbonyl (C=O) groups excluding carboxylic acids is 3. The maximum absolute atomic E-state index is 13.8. The topological polar surface area (TPSA) is 140 Å². The monoisotopic (exact) mass is 582 g/mol. The Morgan fingerprint density at radius 1 is 1.02 bits per heavy atom. The number of nitrogens with zero attached hydrogens (tertiary/aromatic N) is 5. The van der Waals surface area contributed by atoms with Crippen LogP contribution in [0.25, 0.3) is 11.0 Å². The lowest BCUT2D eigenvalue weighted by molar-refractivity contribution is -0.122. The fraction of sp³-hybridized carbons (Fsp3) is 0.355. The molecule has 4 bridgehead atoms. The van der Waals surface area contributed by atoms with Gasteiger partial charge in [-0.2, -0.15) is 0 Å². The summed E-state index contributed by atoms with van der Waals surface area (Å²) in [6.07, 6.45) is 2.00. The Bertz CT molecular complexity index is 1740. The molecular formula is C31H30N6O6. The first-order chi connectivity index (χ1) is 20.9. The van der Waals surface area contributed by atoms with Crippen LogP contribution < -0.4 is 14.8 Å². The summed E-state index contributed by atoms with van der Waals surface area (Å²) in [7, 11) is 0. The maximum atomic E-state index is 13.8. The van der Waals surface area contributed by atoms with E-state index in [0.29, 0.717) is 54.4 Å². The van der Waals surface area contributed by atoms with Gasteiger partial charge in [-0.15, -0.1) is 0 Å². The van der Waals surface area contributed by atoms with Gasteiger partial charge in [0.2, 0.25) is 5.91 Å². The Hall–Kier alpha value is -5.00. The van der Waals surface area contributed by atoms with E-state index in [0.717, 1.165) is 5.56 Å². The minimum atomic E-state index is -0.608. The summed E-state index contributed by atoms with van der Waals surface area (Å²) in [6.45, 7) is 3.44. The zero-order chi connectivity index (χ0) is 29.6. The number of nitrogens with one attached hydrogen (secondary N) is 1. The molecule has 2 aromatic heterocycles. The molecule has 2 aromatic carbocycles. The van der Waals surface area contributed by atoms with E-state index in [1.807, 2.05) is 42.5 Å². The first kappa shape index (κ1) is 26.9. The van der Waals surface area contributed by atoms with Crippen molar-refractivity contribution >= 4 is 28.8 Å². The van der Waals surface area contributed by atoms with Gasteiger partial charge < -0.3 is 29.1 Å². The van der Waals surface area contributed by atoms with Crippen molar-refractivity contribution in [1.82, 2.24) is 30.2 Å². The van der Waals surface area contributed by atoms with Crippen LogP contribution in [0.3, 0.4) is 0 Å². The third kappa shape index (κ3) is 4.92. The lowest BCUT2D eigenvalue weighted by atomic mass is 9.73. The van der Waals surface area contributed by atoms with Crippen LogP contribution in [0, 0.1) is 12.3 Å². The summed E-state index contributed by atoms with van der Waals surface area (Å²) in [5.41, 5.74) is 2.10. The van der Waals surface area contributed by atoms with Crippen molar-refractivity contribution in [3.05, 3.63) is 77.4 Å². The fourth-order valence-corrected chi connectivity index (χ4v) is 6.26. The van der Waals surface area contributed by atoms with Crippen molar-refractivity contribution in [2.45, 2.75) is 19.3 Å². The molecule has 1 spiro atoms. The predicted molar refractivity (Wildman–Crippen MR) is 153 cm³/mol. The quantitative estimate of drug-likeness (QED) is 0.378. The third-order valence-electron chi connectivity index (χ3n) is 8.43. The van der Waals surface area contributed by atoms with Gasteiger partial charge in [0.1, 0.15) is 11.5 Å². The van der Waals surface area contributed by atoms with Crippen molar-refractivity contribution in [3.8, 4) is 11.5 Å². The van der Waals surface area contributed by atoms with Gasteiger partial charge in [0.25, 0.3) is 11.8 Å². The highest BCUT2D eigenvalue weighted by Crippen LogP contribution is 2.52. The number of hydrogen-bond donors (Lipinski definition) is 1. The lowest BCUT2D eigenvalue weighted by Gasteiger charge is -2.40. The van der Waals surface area contributed by atoms with Gasteiger partial charge in [0.15, 0.2) is 17.2 Å². The number of aromatic nitrogens is 3. The van der Waals surface area contributed by atoms with Gasteiger partial charge in [0.05, 0.1) is 37.0 Å². The van der Waals surface area contributed by atoms with Gasteiger partial charge in [-0.1, -0.05) is 29.4 Å². The number of para-hydroxylation sites is 3. The first-order valence-corrected chi connectivity index (χ1v) is 14.3. The smallest absolute Gasteiger partial charge is 0.276 e. The van der Waals surface area contributed by atoms with Crippen molar-refractivity contribution in [1.29, 1.82) is 0 Å². The highest BCUT2D eigenvalue weighted by Gasteiger charge is 2.53. The Morgan fingerprint density at radius 3 is 2.70 bits per heavy atom. The summed E-state index contributed by atoms with van der Waals surface area (Å²) in [6, 6.07) is 14.8. The molecule has 0 aliphatic carbocycles. The molecule has 3 amide bonds. The molecule has 4 aliphatic heterocycles. The van der Waals surface area contributed by atoms with E-state index in [4.69, 9.17) is 14.0 Å². The molecule has 6 heterocycles. The second kappa shape index (κ2) is 10.7. The lowest BCUT2D eigenvalue weighted by Crippen LogP contribution is -2.50. The summed E-state index contributed by atoms with van der Waals surface area (Å²) >= 11 is 0. The average Bonchev–Trinajstić information content (AvgIpc) is 3.64. The van der Waals surface area contributed by atoms with Gasteiger partial charge in [-0.25, -0.2) is 4.98 Å². The molecule has 220 valence electrons. The van der Waals surface area contributed by atoms with Gasteiger partial charge >= 0.3 is 0 Å². The van der Waals surface area contributed by atoms with E-state index in [2.05, 4.69) is 20.4 Å². The van der Waals surface area contributed by atoms with E-state index in [1.165, 1.54) is 11.1 Å². The van der Waals surface area contributed by atoms with Crippen LogP contribution in [0.2, 0.25) is 0 Å². The molecule has 1 saturated heterocycles. The third-order valence-corrected chi connectivity index (χ3v) is 8.43. The molecule has 43 heavy (non-hydrogen) atoms. The van der Waals surface area contributed by atoms with E-state index in [1.54, 1.807) is 17.9 Å². The number of likely N-dealkylation sites (tertiary alicyclic amines) is 1. The number of carbonyl (C=O) groups is 3. The normalized spacial score (nSPS) is 21.9. The van der Waals surface area contributed by atoms with Crippen molar-refractivity contribution in [3.63, 3.8) is 0 Å². The summed E-state index contributed by atoms with van der Waals surface area (Å²) in [4.78, 5) is 52.5. The Morgan fingerprint density at radius 2 is 1.86 bits per heavy atom. The van der Waals surface area contributed by atoms with E-state index in [-0.39, 0.29) is 61.3 Å². The van der Waals surface area contributed by atoms with Crippen LogP contribution in [0.4, 0.5) is 0 Å². The van der Waals surface area contributed by atoms with E-state index in [9.17, 15) is 14.4 Å². The molecule has 12 nitrogen and oxygen atoms in total. The fourth-order valence-electron chi connectivity index (χ4n) is 6.26. The number of fused-ring (bicyclic) bond motifs is 10. The number of amides is 3. The predicted octanol–water partition coefficient (Wildman–Crippen LogP) is 2.59. The second-order valence-corrected chi connectivity index (χ2v) is 11.3. The molecule has 12 heteroatoms. The molecule has 0 saturated carbocycles. The summed E-state index contributed by atoms with van der Waals surface area (Å²) < 4.78 is 17.6. The largest absolute Gasteiger partial charge is 0.490 e. The maximum Gasteiger partial charge on any atom is 0.276 e. The average molecular weight is 583 g/mol. The van der Waals surface area contributed by atoms with Gasteiger partial charge in [-0.05, 0) is 31.5 Å². The summed E-state index contributed by atoms with van der Waals surface area (Å²) in [5.74, 6) is 0.708. The van der Waals surface area contributed by atoms with Crippen LogP contribution in [-0.4, -0.2) is 88.6 Å². The molecular weight excluding hydrogens is 552 g/mol. The highest BCUT2D eigenvalue weighted by atomic mass is 16.5. The zero-order valence-electron chi connectivity index (χ0n) is 23.6. The van der Waals surface area contributed by atoms with Gasteiger partial charge in [-0.3, -0.25) is 19.4 Å². The summed E-state index contributed by atoms with van der Waals surface area (Å²) in [5, 5.41) is 6.89.